The van der Waals surface area contributed by atoms with Crippen molar-refractivity contribution in [2.45, 2.75) is 6.61 Å². The van der Waals surface area contributed by atoms with Crippen LogP contribution in [0.1, 0.15) is 27.0 Å². The molecule has 0 fully saturated rings. The van der Waals surface area contributed by atoms with Gasteiger partial charge in [0.1, 0.15) is 5.75 Å². The molecule has 0 unspecified atom stereocenters. The third-order valence-corrected chi connectivity index (χ3v) is 5.51. The lowest BCUT2D eigenvalue weighted by molar-refractivity contribution is -0.0164. The van der Waals surface area contributed by atoms with E-state index in [1.165, 1.54) is 21.3 Å². The minimum Gasteiger partial charge on any atom is -0.493 e. The molecule has 1 aliphatic rings. The van der Waals surface area contributed by atoms with E-state index in [9.17, 15) is 10.1 Å². The summed E-state index contributed by atoms with van der Waals surface area (Å²) in [5, 5.41) is 12.6. The minimum absolute atomic E-state index is 0.217. The maximum absolute atomic E-state index is 12.9. The average Bonchev–Trinajstić information content (AvgIpc) is 2.91. The van der Waals surface area contributed by atoms with Crippen molar-refractivity contribution in [1.82, 2.24) is 0 Å². The second-order valence-electron chi connectivity index (χ2n) is 7.55. The molecule has 0 saturated heterocycles. The van der Waals surface area contributed by atoms with Crippen molar-refractivity contribution in [1.29, 1.82) is 5.26 Å². The van der Waals surface area contributed by atoms with Crippen molar-refractivity contribution in [3.05, 3.63) is 76.9 Å². The molecule has 1 aliphatic heterocycles. The molecule has 0 saturated carbocycles. The summed E-state index contributed by atoms with van der Waals surface area (Å²) in [6, 6.07) is 18.1. The summed E-state index contributed by atoms with van der Waals surface area (Å²) in [4.78, 5) is 12.9. The normalized spacial score (nSPS) is 12.6. The van der Waals surface area contributed by atoms with Crippen molar-refractivity contribution >= 4 is 23.2 Å². The Morgan fingerprint density at radius 2 is 1.71 bits per heavy atom. The van der Waals surface area contributed by atoms with E-state index in [0.29, 0.717) is 46.2 Å². The summed E-state index contributed by atoms with van der Waals surface area (Å²) in [7, 11) is 4.48. The minimum atomic E-state index is -0.344. The summed E-state index contributed by atoms with van der Waals surface area (Å²) < 4.78 is 26.9. The van der Waals surface area contributed by atoms with E-state index in [1.54, 1.807) is 42.5 Å². The smallest absolute Gasteiger partial charge is 0.255 e. The predicted molar refractivity (Wildman–Crippen MR) is 131 cm³/mol. The summed E-state index contributed by atoms with van der Waals surface area (Å²) in [5.74, 6) is 1.59. The molecule has 8 heteroatoms. The molecule has 3 aromatic rings. The molecule has 0 aliphatic carbocycles. The van der Waals surface area contributed by atoms with Crippen LogP contribution in [0.25, 0.3) is 11.6 Å². The SMILES string of the molecule is COc1cc(C(=O)Nc2ccc(C(C#N)=Cc3cccc4c3COCO4)cc2)cc(OC)c1OC. The number of fused-ring (bicyclic) bond motifs is 1. The number of anilines is 1. The Morgan fingerprint density at radius 3 is 2.34 bits per heavy atom. The first kappa shape index (κ1) is 23.7. The Kier molecular flexibility index (Phi) is 7.19. The Balaban J connectivity index is 1.55. The maximum Gasteiger partial charge on any atom is 0.255 e. The molecular formula is C27H24N2O6. The fraction of sp³-hybridized carbons (Fsp3) is 0.185. The van der Waals surface area contributed by atoms with Gasteiger partial charge >= 0.3 is 0 Å². The Labute approximate surface area is 203 Å². The lowest BCUT2D eigenvalue weighted by Crippen LogP contribution is -2.12. The number of allylic oxidation sites excluding steroid dienone is 1. The topological polar surface area (TPSA) is 99.0 Å². The zero-order chi connectivity index (χ0) is 24.8. The number of rotatable bonds is 7. The van der Waals surface area contributed by atoms with Gasteiger partial charge in [-0.1, -0.05) is 24.3 Å². The highest BCUT2D eigenvalue weighted by atomic mass is 16.7. The van der Waals surface area contributed by atoms with Crippen LogP contribution in [0.3, 0.4) is 0 Å². The van der Waals surface area contributed by atoms with Gasteiger partial charge in [0.2, 0.25) is 5.75 Å². The number of nitrogens with one attached hydrogen (secondary N) is 1. The van der Waals surface area contributed by atoms with Crippen LogP contribution in [0.5, 0.6) is 23.0 Å². The van der Waals surface area contributed by atoms with E-state index in [1.807, 2.05) is 18.2 Å². The molecule has 0 bridgehead atoms. The number of benzene rings is 3. The number of hydrogen-bond acceptors (Lipinski definition) is 7. The second-order valence-corrected chi connectivity index (χ2v) is 7.55. The highest BCUT2D eigenvalue weighted by Gasteiger charge is 2.18. The maximum atomic E-state index is 12.9. The van der Waals surface area contributed by atoms with Crippen molar-refractivity contribution in [2.24, 2.45) is 0 Å². The van der Waals surface area contributed by atoms with Crippen LogP contribution in [0.15, 0.2) is 54.6 Å². The number of ether oxygens (including phenoxy) is 5. The zero-order valence-electron chi connectivity index (χ0n) is 19.6. The molecule has 0 spiro atoms. The van der Waals surface area contributed by atoms with E-state index < -0.39 is 0 Å². The fourth-order valence-corrected chi connectivity index (χ4v) is 3.74. The summed E-state index contributed by atoms with van der Waals surface area (Å²) in [5.41, 5.74) is 3.88. The number of hydrogen-bond donors (Lipinski definition) is 1. The first-order valence-electron chi connectivity index (χ1n) is 10.7. The summed E-state index contributed by atoms with van der Waals surface area (Å²) >= 11 is 0. The third kappa shape index (κ3) is 5.05. The van der Waals surface area contributed by atoms with Gasteiger partial charge in [-0.3, -0.25) is 4.79 Å². The van der Waals surface area contributed by atoms with Crippen molar-refractivity contribution in [3.63, 3.8) is 0 Å². The number of amides is 1. The quantitative estimate of drug-likeness (QED) is 0.386. The third-order valence-electron chi connectivity index (χ3n) is 5.51. The number of carbonyl (C=O) groups excluding carboxylic acids is 1. The summed E-state index contributed by atoms with van der Waals surface area (Å²) in [6.07, 6.45) is 1.81. The van der Waals surface area contributed by atoms with Crippen LogP contribution < -0.4 is 24.3 Å². The highest BCUT2D eigenvalue weighted by Crippen LogP contribution is 2.38. The summed E-state index contributed by atoms with van der Waals surface area (Å²) in [6.45, 7) is 0.640. The highest BCUT2D eigenvalue weighted by molar-refractivity contribution is 6.05. The van der Waals surface area contributed by atoms with Crippen molar-refractivity contribution in [2.75, 3.05) is 33.4 Å². The Bertz CT molecular complexity index is 1280. The van der Waals surface area contributed by atoms with Gasteiger partial charge in [0.05, 0.1) is 39.6 Å². The van der Waals surface area contributed by atoms with Gasteiger partial charge in [0.15, 0.2) is 18.3 Å². The number of carbonyl (C=O) groups is 1. The van der Waals surface area contributed by atoms with Crippen LogP contribution >= 0.6 is 0 Å². The number of methoxy groups -OCH3 is 3. The number of nitrogens with zero attached hydrogens (tertiary/aromatic N) is 1. The number of nitriles is 1. The van der Waals surface area contributed by atoms with Gasteiger partial charge in [-0.15, -0.1) is 0 Å². The predicted octanol–water partition coefficient (Wildman–Crippen LogP) is 4.90. The molecule has 35 heavy (non-hydrogen) atoms. The lowest BCUT2D eigenvalue weighted by Gasteiger charge is -2.19. The van der Waals surface area contributed by atoms with Gasteiger partial charge in [-0.2, -0.15) is 5.26 Å². The van der Waals surface area contributed by atoms with E-state index >= 15 is 0 Å². The zero-order valence-corrected chi connectivity index (χ0v) is 19.6. The Hall–Kier alpha value is -4.48. The Morgan fingerprint density at radius 1 is 1.00 bits per heavy atom. The molecule has 1 amide bonds. The van der Waals surface area contributed by atoms with Crippen LogP contribution in [0.4, 0.5) is 5.69 Å². The first-order chi connectivity index (χ1) is 17.1. The van der Waals surface area contributed by atoms with Gasteiger partial charge in [0.25, 0.3) is 5.91 Å². The average molecular weight is 472 g/mol. The van der Waals surface area contributed by atoms with Gasteiger partial charge < -0.3 is 29.0 Å². The molecule has 1 N–H and O–H groups in total. The molecule has 4 rings (SSSR count). The standard InChI is InChI=1S/C27H24N2O6/c1-31-24-12-19(13-25(32-2)26(24)33-3)27(30)29-21-9-7-17(8-10-21)20(14-28)11-18-5-4-6-23-22(18)15-34-16-35-23/h4-13H,15-16H2,1-3H3,(H,29,30). The first-order valence-corrected chi connectivity index (χ1v) is 10.7. The van der Waals surface area contributed by atoms with E-state index in [0.717, 1.165) is 16.9 Å². The van der Waals surface area contributed by atoms with Crippen LogP contribution in [0.2, 0.25) is 0 Å². The lowest BCUT2D eigenvalue weighted by atomic mass is 10.00. The van der Waals surface area contributed by atoms with Gasteiger partial charge in [-0.25, -0.2) is 0 Å². The van der Waals surface area contributed by atoms with Crippen LogP contribution in [-0.2, 0) is 11.3 Å². The molecular weight excluding hydrogens is 448 g/mol. The molecule has 0 atom stereocenters. The molecule has 3 aromatic carbocycles. The second kappa shape index (κ2) is 10.6. The van der Waals surface area contributed by atoms with Crippen LogP contribution in [0, 0.1) is 11.3 Å². The molecule has 8 nitrogen and oxygen atoms in total. The molecule has 178 valence electrons. The van der Waals surface area contributed by atoms with Crippen LogP contribution in [-0.4, -0.2) is 34.0 Å². The van der Waals surface area contributed by atoms with E-state index in [-0.39, 0.29) is 12.7 Å². The van der Waals surface area contributed by atoms with E-state index in [4.69, 9.17) is 23.7 Å². The molecule has 1 heterocycles. The van der Waals surface area contributed by atoms with Crippen molar-refractivity contribution in [3.8, 4) is 29.1 Å². The fourth-order valence-electron chi connectivity index (χ4n) is 3.74. The van der Waals surface area contributed by atoms with Crippen molar-refractivity contribution < 1.29 is 28.5 Å². The largest absolute Gasteiger partial charge is 0.493 e. The molecule has 0 radical (unpaired) electrons. The monoisotopic (exact) mass is 472 g/mol. The molecule has 0 aromatic heterocycles. The van der Waals surface area contributed by atoms with Gasteiger partial charge in [0, 0.05) is 16.8 Å². The van der Waals surface area contributed by atoms with Gasteiger partial charge in [-0.05, 0) is 47.5 Å². The van der Waals surface area contributed by atoms with E-state index in [2.05, 4.69) is 11.4 Å².